The zero-order valence-electron chi connectivity index (χ0n) is 17.4. The first-order chi connectivity index (χ1) is 13.6. The molecule has 7 nitrogen and oxygen atoms in total. The smallest absolute Gasteiger partial charge is 0.267 e. The molecule has 29 heavy (non-hydrogen) atoms. The van der Waals surface area contributed by atoms with Gasteiger partial charge in [0, 0.05) is 24.2 Å². The van der Waals surface area contributed by atoms with Crippen LogP contribution >= 0.6 is 0 Å². The van der Waals surface area contributed by atoms with Crippen LogP contribution < -0.4 is 10.9 Å². The fourth-order valence-corrected chi connectivity index (χ4v) is 4.52. The Kier molecular flexibility index (Phi) is 7.16. The summed E-state index contributed by atoms with van der Waals surface area (Å²) in [5.41, 5.74) is 7.81. The van der Waals surface area contributed by atoms with Gasteiger partial charge in [-0.15, -0.1) is 0 Å². The Balaban J connectivity index is 2.22. The lowest BCUT2D eigenvalue weighted by molar-refractivity contribution is 0.0845. The molecule has 2 amide bonds. The van der Waals surface area contributed by atoms with Crippen LogP contribution in [0.4, 0.5) is 0 Å². The zero-order chi connectivity index (χ0) is 21.8. The van der Waals surface area contributed by atoms with Crippen molar-refractivity contribution >= 4 is 21.8 Å². The van der Waals surface area contributed by atoms with E-state index in [4.69, 9.17) is 0 Å². The van der Waals surface area contributed by atoms with E-state index in [9.17, 15) is 18.0 Å². The van der Waals surface area contributed by atoms with Crippen molar-refractivity contribution in [2.75, 3.05) is 13.1 Å². The van der Waals surface area contributed by atoms with Gasteiger partial charge in [-0.3, -0.25) is 20.4 Å². The number of hydrazine groups is 1. The first-order valence-electron chi connectivity index (χ1n) is 9.40. The van der Waals surface area contributed by atoms with Crippen molar-refractivity contribution < 1.29 is 18.0 Å². The average Bonchev–Trinajstić information content (AvgIpc) is 2.66. The van der Waals surface area contributed by atoms with Gasteiger partial charge in [-0.25, -0.2) is 8.42 Å². The number of hydrogen-bond donors (Lipinski definition) is 2. The van der Waals surface area contributed by atoms with Gasteiger partial charge in [0.25, 0.3) is 11.8 Å². The average molecular weight is 418 g/mol. The lowest BCUT2D eigenvalue weighted by Crippen LogP contribution is -2.42. The fourth-order valence-electron chi connectivity index (χ4n) is 3.04. The summed E-state index contributed by atoms with van der Waals surface area (Å²) in [6.07, 6.45) is 0. The largest absolute Gasteiger partial charge is 0.270 e. The molecule has 2 N–H and O–H groups in total. The normalized spacial score (nSPS) is 11.4. The number of sulfonamides is 1. The summed E-state index contributed by atoms with van der Waals surface area (Å²) < 4.78 is 26.8. The second kappa shape index (κ2) is 9.19. The van der Waals surface area contributed by atoms with Gasteiger partial charge >= 0.3 is 0 Å². The Morgan fingerprint density at radius 2 is 1.41 bits per heavy atom. The van der Waals surface area contributed by atoms with Gasteiger partial charge in [-0.1, -0.05) is 37.6 Å². The molecule has 2 rings (SSSR count). The Morgan fingerprint density at radius 3 is 1.97 bits per heavy atom. The number of benzene rings is 2. The first-order valence-corrected chi connectivity index (χ1v) is 10.8. The van der Waals surface area contributed by atoms with Crippen molar-refractivity contribution in [2.24, 2.45) is 0 Å². The molecular formula is C21H27N3O4S. The predicted octanol–water partition coefficient (Wildman–Crippen LogP) is 2.72. The zero-order valence-corrected chi connectivity index (χ0v) is 18.2. The van der Waals surface area contributed by atoms with Crippen LogP contribution in [0.3, 0.4) is 0 Å². The molecule has 156 valence electrons. The minimum absolute atomic E-state index is 0.0395. The van der Waals surface area contributed by atoms with Crippen LogP contribution in [0, 0.1) is 20.8 Å². The molecular weight excluding hydrogens is 390 g/mol. The van der Waals surface area contributed by atoms with E-state index in [-0.39, 0.29) is 10.5 Å². The van der Waals surface area contributed by atoms with Crippen LogP contribution in [-0.4, -0.2) is 37.6 Å². The van der Waals surface area contributed by atoms with Gasteiger partial charge in [-0.2, -0.15) is 4.31 Å². The number of hydrogen-bond acceptors (Lipinski definition) is 4. The maximum absolute atomic E-state index is 12.7. The molecule has 8 heteroatoms. The summed E-state index contributed by atoms with van der Waals surface area (Å²) in [6.45, 7) is 9.62. The highest BCUT2D eigenvalue weighted by molar-refractivity contribution is 7.89. The van der Waals surface area contributed by atoms with E-state index < -0.39 is 21.8 Å². The summed E-state index contributed by atoms with van der Waals surface area (Å²) in [7, 11) is -3.69. The molecule has 0 bridgehead atoms. The van der Waals surface area contributed by atoms with Crippen molar-refractivity contribution in [3.8, 4) is 0 Å². The Labute approximate surface area is 172 Å². The van der Waals surface area contributed by atoms with Gasteiger partial charge in [0.2, 0.25) is 10.0 Å². The van der Waals surface area contributed by atoms with Gasteiger partial charge in [0.15, 0.2) is 0 Å². The van der Waals surface area contributed by atoms with E-state index >= 15 is 0 Å². The summed E-state index contributed by atoms with van der Waals surface area (Å²) >= 11 is 0. The molecule has 0 atom stereocenters. The van der Waals surface area contributed by atoms with E-state index in [0.29, 0.717) is 24.2 Å². The van der Waals surface area contributed by atoms with Crippen LogP contribution in [0.15, 0.2) is 41.3 Å². The van der Waals surface area contributed by atoms with Gasteiger partial charge in [-0.05, 0) is 50.1 Å². The molecule has 0 saturated heterocycles. The molecule has 0 aliphatic rings. The van der Waals surface area contributed by atoms with Crippen molar-refractivity contribution in [3.05, 3.63) is 64.2 Å². The lowest BCUT2D eigenvalue weighted by atomic mass is 10.1. The third-order valence-corrected chi connectivity index (χ3v) is 6.76. The quantitative estimate of drug-likeness (QED) is 0.707. The molecule has 2 aromatic carbocycles. The number of carbonyl (C=O) groups excluding carboxylic acids is 2. The first kappa shape index (κ1) is 22.6. The van der Waals surface area contributed by atoms with Crippen molar-refractivity contribution in [2.45, 2.75) is 39.5 Å². The highest BCUT2D eigenvalue weighted by Crippen LogP contribution is 2.19. The molecule has 0 heterocycles. The Bertz CT molecular complexity index is 1030. The number of rotatable bonds is 6. The van der Waals surface area contributed by atoms with Gasteiger partial charge < -0.3 is 0 Å². The van der Waals surface area contributed by atoms with Crippen molar-refractivity contribution in [1.29, 1.82) is 0 Å². The SMILES string of the molecule is CCN(CC)S(=O)(=O)c1ccc(C)c(C(=O)NNC(=O)c2ccc(C)cc2C)c1. The van der Waals surface area contributed by atoms with E-state index in [1.165, 1.54) is 16.4 Å². The number of aryl methyl sites for hydroxylation is 3. The van der Waals surface area contributed by atoms with Crippen LogP contribution in [0.2, 0.25) is 0 Å². The molecule has 0 radical (unpaired) electrons. The summed E-state index contributed by atoms with van der Waals surface area (Å²) in [6, 6.07) is 9.78. The van der Waals surface area contributed by atoms with Crippen LogP contribution in [0.25, 0.3) is 0 Å². The maximum atomic E-state index is 12.7. The molecule has 0 aliphatic carbocycles. The number of carbonyl (C=O) groups is 2. The van der Waals surface area contributed by atoms with E-state index in [2.05, 4.69) is 10.9 Å². The predicted molar refractivity (Wildman–Crippen MR) is 112 cm³/mol. The molecule has 0 aliphatic heterocycles. The minimum Gasteiger partial charge on any atom is -0.267 e. The van der Waals surface area contributed by atoms with Crippen LogP contribution in [-0.2, 0) is 10.0 Å². The molecule has 0 aromatic heterocycles. The summed E-state index contributed by atoms with van der Waals surface area (Å²) in [5, 5.41) is 0. The molecule has 0 unspecified atom stereocenters. The number of amides is 2. The molecule has 0 fully saturated rings. The van der Waals surface area contributed by atoms with Crippen molar-refractivity contribution in [3.63, 3.8) is 0 Å². The fraction of sp³-hybridized carbons (Fsp3) is 0.333. The molecule has 2 aromatic rings. The summed E-state index contributed by atoms with van der Waals surface area (Å²) in [5.74, 6) is -1.03. The lowest BCUT2D eigenvalue weighted by Gasteiger charge is -2.19. The second-order valence-corrected chi connectivity index (χ2v) is 8.73. The Morgan fingerprint density at radius 1 is 0.828 bits per heavy atom. The molecule has 0 spiro atoms. The topological polar surface area (TPSA) is 95.6 Å². The third kappa shape index (κ3) is 5.02. The number of nitrogens with zero attached hydrogens (tertiary/aromatic N) is 1. The van der Waals surface area contributed by atoms with Gasteiger partial charge in [0.05, 0.1) is 4.90 Å². The highest BCUT2D eigenvalue weighted by atomic mass is 32.2. The van der Waals surface area contributed by atoms with E-state index in [1.807, 2.05) is 26.0 Å². The van der Waals surface area contributed by atoms with Gasteiger partial charge in [0.1, 0.15) is 0 Å². The monoisotopic (exact) mass is 417 g/mol. The highest BCUT2D eigenvalue weighted by Gasteiger charge is 2.23. The van der Waals surface area contributed by atoms with Crippen LogP contribution in [0.5, 0.6) is 0 Å². The van der Waals surface area contributed by atoms with Crippen molar-refractivity contribution in [1.82, 2.24) is 15.2 Å². The summed E-state index contributed by atoms with van der Waals surface area (Å²) in [4.78, 5) is 25.0. The second-order valence-electron chi connectivity index (χ2n) is 6.79. The maximum Gasteiger partial charge on any atom is 0.270 e. The minimum atomic E-state index is -3.69. The molecule has 0 saturated carbocycles. The standard InChI is InChI=1S/C21H27N3O4S/c1-6-24(7-2)29(27,28)17-10-9-15(4)19(13-17)21(26)23-22-20(25)18-11-8-14(3)12-16(18)5/h8-13H,6-7H2,1-5H3,(H,22,25)(H,23,26). The third-order valence-electron chi connectivity index (χ3n) is 4.71. The van der Waals surface area contributed by atoms with E-state index in [1.54, 1.807) is 32.9 Å². The van der Waals surface area contributed by atoms with E-state index in [0.717, 1.165) is 11.1 Å². The number of nitrogens with one attached hydrogen (secondary N) is 2. The Hall–Kier alpha value is -2.71. The van der Waals surface area contributed by atoms with Crippen LogP contribution in [0.1, 0.15) is 51.3 Å².